The van der Waals surface area contributed by atoms with Crippen molar-refractivity contribution in [1.82, 2.24) is 5.32 Å². The molecule has 0 saturated heterocycles. The van der Waals surface area contributed by atoms with Gasteiger partial charge in [0.1, 0.15) is 0 Å². The van der Waals surface area contributed by atoms with Gasteiger partial charge in [-0.25, -0.2) is 8.42 Å². The number of aryl methyl sites for hydroxylation is 1. The van der Waals surface area contributed by atoms with Gasteiger partial charge in [0.15, 0.2) is 0 Å². The van der Waals surface area contributed by atoms with Crippen LogP contribution in [0.25, 0.3) is 0 Å². The lowest BCUT2D eigenvalue weighted by Gasteiger charge is -2.26. The lowest BCUT2D eigenvalue weighted by Crippen LogP contribution is -2.38. The molecule has 0 unspecified atom stereocenters. The number of hydrogen-bond acceptors (Lipinski definition) is 3. The van der Waals surface area contributed by atoms with Crippen LogP contribution >= 0.6 is 11.6 Å². The van der Waals surface area contributed by atoms with Crippen molar-refractivity contribution in [2.45, 2.75) is 50.1 Å². The van der Waals surface area contributed by atoms with Crippen molar-refractivity contribution < 1.29 is 13.2 Å². The third-order valence-electron chi connectivity index (χ3n) is 7.37. The molecule has 2 aliphatic carbocycles. The standard InChI is InChI=1S/C28H29ClN2O3S/c1-19-7-14-24(29)17-27(19)31(35(33,34)25-5-3-2-4-6-25)18-20-8-11-22(12-9-20)28(32)30-26-16-21-10-13-23(26)15-21/h2-9,11-12,14,17,21,23,26H,10,13,15-16,18H2,1H3,(H,30,32)/t21-,23-,26+/m1/s1. The van der Waals surface area contributed by atoms with E-state index in [0.717, 1.165) is 23.5 Å². The van der Waals surface area contributed by atoms with E-state index in [4.69, 9.17) is 11.6 Å². The third kappa shape index (κ3) is 4.95. The first-order valence-corrected chi connectivity index (χ1v) is 13.9. The summed E-state index contributed by atoms with van der Waals surface area (Å²) >= 11 is 6.24. The molecule has 1 amide bonds. The lowest BCUT2D eigenvalue weighted by atomic mass is 9.95. The van der Waals surface area contributed by atoms with E-state index in [2.05, 4.69) is 5.32 Å². The highest BCUT2D eigenvalue weighted by Crippen LogP contribution is 2.44. The topological polar surface area (TPSA) is 66.5 Å². The zero-order valence-corrected chi connectivity index (χ0v) is 21.2. The van der Waals surface area contributed by atoms with Crippen LogP contribution in [0.15, 0.2) is 77.7 Å². The summed E-state index contributed by atoms with van der Waals surface area (Å²) in [5, 5.41) is 3.68. The largest absolute Gasteiger partial charge is 0.349 e. The van der Waals surface area contributed by atoms with E-state index in [0.29, 0.717) is 22.2 Å². The number of amides is 1. The molecule has 3 aromatic carbocycles. The number of benzene rings is 3. The Labute approximate surface area is 212 Å². The van der Waals surface area contributed by atoms with Crippen molar-refractivity contribution in [3.8, 4) is 0 Å². The number of hydrogen-bond donors (Lipinski definition) is 1. The summed E-state index contributed by atoms with van der Waals surface area (Å²) in [6.07, 6.45) is 4.82. The number of nitrogens with one attached hydrogen (secondary N) is 1. The molecule has 0 heterocycles. The minimum atomic E-state index is -3.84. The molecular weight excluding hydrogens is 480 g/mol. The van der Waals surface area contributed by atoms with Gasteiger partial charge < -0.3 is 5.32 Å². The van der Waals surface area contributed by atoms with E-state index in [1.165, 1.54) is 23.6 Å². The Kier molecular flexibility index (Phi) is 6.60. The van der Waals surface area contributed by atoms with Gasteiger partial charge in [-0.05, 0) is 85.5 Å². The molecule has 2 bridgehead atoms. The fourth-order valence-electron chi connectivity index (χ4n) is 5.47. The van der Waals surface area contributed by atoms with E-state index in [1.54, 1.807) is 54.6 Å². The Balaban J connectivity index is 1.39. The molecule has 0 spiro atoms. The zero-order chi connectivity index (χ0) is 24.6. The van der Waals surface area contributed by atoms with Crippen molar-refractivity contribution >= 4 is 33.2 Å². The summed E-state index contributed by atoms with van der Waals surface area (Å²) in [6, 6.07) is 21.1. The number of halogens is 1. The maximum absolute atomic E-state index is 13.7. The van der Waals surface area contributed by atoms with Crippen LogP contribution in [0.5, 0.6) is 0 Å². The molecule has 2 aliphatic rings. The molecule has 5 nitrogen and oxygen atoms in total. The molecule has 182 valence electrons. The number of anilines is 1. The van der Waals surface area contributed by atoms with E-state index in [9.17, 15) is 13.2 Å². The van der Waals surface area contributed by atoms with Gasteiger partial charge in [0.05, 0.1) is 17.1 Å². The van der Waals surface area contributed by atoms with Gasteiger partial charge in [-0.15, -0.1) is 0 Å². The molecular formula is C28H29ClN2O3S. The Bertz CT molecular complexity index is 1330. The van der Waals surface area contributed by atoms with E-state index in [1.807, 2.05) is 25.1 Å². The van der Waals surface area contributed by atoms with Gasteiger partial charge in [0, 0.05) is 16.6 Å². The van der Waals surface area contributed by atoms with Crippen LogP contribution in [0.2, 0.25) is 5.02 Å². The minimum Gasteiger partial charge on any atom is -0.349 e. The Hall–Kier alpha value is -2.83. The molecule has 35 heavy (non-hydrogen) atoms. The van der Waals surface area contributed by atoms with E-state index in [-0.39, 0.29) is 23.4 Å². The number of fused-ring (bicyclic) bond motifs is 2. The second kappa shape index (κ2) is 9.67. The normalized spacial score (nSPS) is 21.1. The second-order valence-corrected chi connectivity index (χ2v) is 12.0. The molecule has 7 heteroatoms. The van der Waals surface area contributed by atoms with Crippen LogP contribution in [-0.2, 0) is 16.6 Å². The van der Waals surface area contributed by atoms with Crippen LogP contribution in [-0.4, -0.2) is 20.4 Å². The molecule has 0 aliphatic heterocycles. The molecule has 0 aromatic heterocycles. The fourth-order valence-corrected chi connectivity index (χ4v) is 7.17. The average Bonchev–Trinajstić information content (AvgIpc) is 3.48. The summed E-state index contributed by atoms with van der Waals surface area (Å²) in [7, 11) is -3.84. The Morgan fingerprint density at radius 2 is 1.74 bits per heavy atom. The van der Waals surface area contributed by atoms with Crippen molar-refractivity contribution in [2.75, 3.05) is 4.31 Å². The average molecular weight is 509 g/mol. The van der Waals surface area contributed by atoms with Crippen LogP contribution < -0.4 is 9.62 Å². The summed E-state index contributed by atoms with van der Waals surface area (Å²) in [6.45, 7) is 1.98. The highest BCUT2D eigenvalue weighted by molar-refractivity contribution is 7.92. The summed E-state index contributed by atoms with van der Waals surface area (Å²) < 4.78 is 28.7. The highest BCUT2D eigenvalue weighted by atomic mass is 35.5. The maximum atomic E-state index is 13.7. The first-order valence-electron chi connectivity index (χ1n) is 12.0. The first-order chi connectivity index (χ1) is 16.8. The molecule has 2 fully saturated rings. The quantitative estimate of drug-likeness (QED) is 0.428. The number of nitrogens with zero attached hydrogens (tertiary/aromatic N) is 1. The molecule has 1 N–H and O–H groups in total. The van der Waals surface area contributed by atoms with Gasteiger partial charge in [-0.3, -0.25) is 9.10 Å². The monoisotopic (exact) mass is 508 g/mol. The van der Waals surface area contributed by atoms with Crippen LogP contribution in [0.1, 0.15) is 47.2 Å². The molecule has 5 rings (SSSR count). The van der Waals surface area contributed by atoms with E-state index < -0.39 is 10.0 Å². The van der Waals surface area contributed by atoms with Gasteiger partial charge in [-0.2, -0.15) is 0 Å². The highest BCUT2D eigenvalue weighted by Gasteiger charge is 2.40. The van der Waals surface area contributed by atoms with Gasteiger partial charge >= 0.3 is 0 Å². The zero-order valence-electron chi connectivity index (χ0n) is 19.7. The van der Waals surface area contributed by atoms with Crippen molar-refractivity contribution in [1.29, 1.82) is 0 Å². The third-order valence-corrected chi connectivity index (χ3v) is 9.38. The summed E-state index contributed by atoms with van der Waals surface area (Å²) in [4.78, 5) is 13.0. The second-order valence-electron chi connectivity index (χ2n) is 9.71. The fraction of sp³-hybridized carbons (Fsp3) is 0.321. The predicted molar refractivity (Wildman–Crippen MR) is 139 cm³/mol. The van der Waals surface area contributed by atoms with Gasteiger partial charge in [-0.1, -0.05) is 54.4 Å². The molecule has 2 saturated carbocycles. The molecule has 3 aromatic rings. The van der Waals surface area contributed by atoms with Crippen LogP contribution in [0.3, 0.4) is 0 Å². The van der Waals surface area contributed by atoms with Crippen molar-refractivity contribution in [2.24, 2.45) is 11.8 Å². The minimum absolute atomic E-state index is 0.0615. The Morgan fingerprint density at radius 1 is 1.00 bits per heavy atom. The lowest BCUT2D eigenvalue weighted by molar-refractivity contribution is 0.0923. The summed E-state index contributed by atoms with van der Waals surface area (Å²) in [5.41, 5.74) is 2.70. The molecule has 3 atom stereocenters. The number of carbonyl (C=O) groups is 1. The summed E-state index contributed by atoms with van der Waals surface area (Å²) in [5.74, 6) is 1.31. The Morgan fingerprint density at radius 3 is 2.40 bits per heavy atom. The number of carbonyl (C=O) groups excluding carboxylic acids is 1. The van der Waals surface area contributed by atoms with Crippen LogP contribution in [0.4, 0.5) is 5.69 Å². The maximum Gasteiger partial charge on any atom is 0.264 e. The van der Waals surface area contributed by atoms with Gasteiger partial charge in [0.25, 0.3) is 15.9 Å². The van der Waals surface area contributed by atoms with Crippen molar-refractivity contribution in [3.05, 3.63) is 94.5 Å². The smallest absolute Gasteiger partial charge is 0.264 e. The number of sulfonamides is 1. The first kappa shape index (κ1) is 23.9. The molecule has 0 radical (unpaired) electrons. The van der Waals surface area contributed by atoms with Gasteiger partial charge in [0.2, 0.25) is 0 Å². The number of rotatable bonds is 7. The van der Waals surface area contributed by atoms with Crippen molar-refractivity contribution in [3.63, 3.8) is 0 Å². The SMILES string of the molecule is Cc1ccc(Cl)cc1N(Cc1ccc(C(=O)N[C@H]2C[C@@H]3CC[C@@H]2C3)cc1)S(=O)(=O)c1ccccc1. The predicted octanol–water partition coefficient (Wildman–Crippen LogP) is 5.96. The van der Waals surface area contributed by atoms with Crippen LogP contribution in [0, 0.1) is 18.8 Å². The van der Waals surface area contributed by atoms with E-state index >= 15 is 0 Å².